The summed E-state index contributed by atoms with van der Waals surface area (Å²) in [6, 6.07) is 5.90. The third kappa shape index (κ3) is 5.86. The van der Waals surface area contributed by atoms with Crippen LogP contribution in [0, 0.1) is 0 Å². The number of carbonyl (C=O) groups excluding carboxylic acids is 3. The number of carbonyl (C=O) groups is 3. The fourth-order valence-corrected chi connectivity index (χ4v) is 6.50. The van der Waals surface area contributed by atoms with E-state index in [2.05, 4.69) is 5.32 Å². The van der Waals surface area contributed by atoms with Crippen molar-refractivity contribution in [1.29, 1.82) is 0 Å². The van der Waals surface area contributed by atoms with Gasteiger partial charge >= 0.3 is 5.97 Å². The second-order valence-corrected chi connectivity index (χ2v) is 11.2. The molecule has 0 aliphatic carbocycles. The Labute approximate surface area is 213 Å². The van der Waals surface area contributed by atoms with E-state index in [1.807, 2.05) is 4.90 Å². The summed E-state index contributed by atoms with van der Waals surface area (Å²) in [4.78, 5) is 38.9. The molecule has 3 heterocycles. The number of primary amides is 1. The second-order valence-electron chi connectivity index (χ2n) is 8.40. The lowest BCUT2D eigenvalue weighted by Gasteiger charge is -2.31. The van der Waals surface area contributed by atoms with Gasteiger partial charge in [0.25, 0.3) is 11.8 Å². The Balaban J connectivity index is 1.54. The van der Waals surface area contributed by atoms with Crippen molar-refractivity contribution in [3.05, 3.63) is 40.8 Å². The van der Waals surface area contributed by atoms with E-state index in [4.69, 9.17) is 15.2 Å². The van der Waals surface area contributed by atoms with Gasteiger partial charge in [0.05, 0.1) is 34.9 Å². The molecular formula is C23H28N4O7S2. The van der Waals surface area contributed by atoms with E-state index in [0.717, 1.165) is 30.6 Å². The Kier molecular flexibility index (Phi) is 8.24. The number of amides is 2. The van der Waals surface area contributed by atoms with E-state index in [-0.39, 0.29) is 21.0 Å². The summed E-state index contributed by atoms with van der Waals surface area (Å²) < 4.78 is 38.5. The number of rotatable bonds is 8. The normalized spacial score (nSPS) is 16.9. The van der Waals surface area contributed by atoms with Gasteiger partial charge in [0, 0.05) is 26.2 Å². The van der Waals surface area contributed by atoms with E-state index in [0.29, 0.717) is 45.1 Å². The first-order valence-corrected chi connectivity index (χ1v) is 13.9. The summed E-state index contributed by atoms with van der Waals surface area (Å²) in [5.41, 5.74) is 6.01. The number of ether oxygens (including phenoxy) is 2. The Bertz CT molecular complexity index is 1230. The summed E-state index contributed by atoms with van der Waals surface area (Å²) in [7, 11) is -3.78. The molecule has 36 heavy (non-hydrogen) atoms. The molecule has 11 nitrogen and oxygen atoms in total. The molecule has 2 aromatic rings. The van der Waals surface area contributed by atoms with Gasteiger partial charge in [0.15, 0.2) is 6.61 Å². The van der Waals surface area contributed by atoms with Gasteiger partial charge in [-0.3, -0.25) is 9.59 Å². The second kappa shape index (κ2) is 11.4. The molecule has 3 N–H and O–H groups in total. The minimum Gasteiger partial charge on any atom is -0.452 e. The van der Waals surface area contributed by atoms with Gasteiger partial charge in [-0.2, -0.15) is 4.31 Å². The molecular weight excluding hydrogens is 508 g/mol. The zero-order chi connectivity index (χ0) is 25.7. The van der Waals surface area contributed by atoms with Crippen LogP contribution in [0.25, 0.3) is 0 Å². The van der Waals surface area contributed by atoms with Crippen LogP contribution < -0.4 is 16.0 Å². The first-order valence-electron chi connectivity index (χ1n) is 11.6. The number of sulfonamides is 1. The molecule has 0 atom stereocenters. The SMILES string of the molecule is NC(=O)c1ccsc1NC(=O)COC(=O)c1cc(S(=O)(=O)N2CCCCC2)ccc1N1CCOCC1. The molecule has 2 saturated heterocycles. The van der Waals surface area contributed by atoms with E-state index in [9.17, 15) is 22.8 Å². The average Bonchev–Trinajstić information content (AvgIpc) is 3.36. The molecule has 2 aliphatic rings. The van der Waals surface area contributed by atoms with Crippen LogP contribution >= 0.6 is 11.3 Å². The number of nitrogens with two attached hydrogens (primary N) is 1. The zero-order valence-corrected chi connectivity index (χ0v) is 21.2. The Morgan fingerprint density at radius 3 is 2.44 bits per heavy atom. The van der Waals surface area contributed by atoms with Crippen molar-refractivity contribution in [3.63, 3.8) is 0 Å². The third-order valence-electron chi connectivity index (χ3n) is 6.01. The fraction of sp³-hybridized carbons (Fsp3) is 0.435. The first-order chi connectivity index (χ1) is 17.3. The fourth-order valence-electron chi connectivity index (χ4n) is 4.15. The molecule has 194 valence electrons. The highest BCUT2D eigenvalue weighted by atomic mass is 32.2. The Morgan fingerprint density at radius 1 is 1.03 bits per heavy atom. The summed E-state index contributed by atoms with van der Waals surface area (Å²) in [5, 5.41) is 4.37. The number of benzene rings is 1. The zero-order valence-electron chi connectivity index (χ0n) is 19.6. The maximum absolute atomic E-state index is 13.2. The Hall–Kier alpha value is -3.00. The third-order valence-corrected chi connectivity index (χ3v) is 8.73. The van der Waals surface area contributed by atoms with Gasteiger partial charge in [-0.15, -0.1) is 11.3 Å². The number of nitrogens with zero attached hydrogens (tertiary/aromatic N) is 2. The van der Waals surface area contributed by atoms with Crippen molar-refractivity contribution < 1.29 is 32.3 Å². The number of hydrogen-bond acceptors (Lipinski definition) is 9. The minimum absolute atomic E-state index is 0.00231. The van der Waals surface area contributed by atoms with Crippen LogP contribution in [0.1, 0.15) is 40.0 Å². The van der Waals surface area contributed by atoms with Crippen LogP contribution in [0.15, 0.2) is 34.5 Å². The van der Waals surface area contributed by atoms with Gasteiger partial charge in [-0.05, 0) is 42.5 Å². The van der Waals surface area contributed by atoms with Gasteiger partial charge in [0.2, 0.25) is 10.0 Å². The first kappa shape index (κ1) is 26.1. The summed E-state index contributed by atoms with van der Waals surface area (Å²) in [6.07, 6.45) is 2.56. The number of thiophene rings is 1. The molecule has 1 aromatic heterocycles. The largest absolute Gasteiger partial charge is 0.452 e. The van der Waals surface area contributed by atoms with Gasteiger partial charge in [-0.25, -0.2) is 13.2 Å². The summed E-state index contributed by atoms with van der Waals surface area (Å²) in [6.45, 7) is 2.22. The molecule has 1 aromatic carbocycles. The molecule has 0 unspecified atom stereocenters. The topological polar surface area (TPSA) is 148 Å². The predicted molar refractivity (Wildman–Crippen MR) is 134 cm³/mol. The average molecular weight is 537 g/mol. The van der Waals surface area contributed by atoms with Crippen molar-refractivity contribution >= 4 is 49.8 Å². The van der Waals surface area contributed by atoms with Crippen LogP contribution in [0.3, 0.4) is 0 Å². The van der Waals surface area contributed by atoms with Crippen molar-refractivity contribution in [2.75, 3.05) is 56.2 Å². The van der Waals surface area contributed by atoms with Crippen LogP contribution in [-0.2, 0) is 24.3 Å². The smallest absolute Gasteiger partial charge is 0.340 e. The lowest BCUT2D eigenvalue weighted by Crippen LogP contribution is -2.38. The molecule has 0 radical (unpaired) electrons. The standard InChI is InChI=1S/C23H28N4O7S2/c24-21(29)17-6-13-35-22(17)25-20(28)15-34-23(30)18-14-16(36(31,32)27-7-2-1-3-8-27)4-5-19(18)26-9-11-33-12-10-26/h4-6,13-14H,1-3,7-12,15H2,(H2,24,29)(H,25,28). The van der Waals surface area contributed by atoms with Gasteiger partial charge < -0.3 is 25.4 Å². The predicted octanol–water partition coefficient (Wildman–Crippen LogP) is 1.65. The van der Waals surface area contributed by atoms with Crippen LogP contribution in [0.5, 0.6) is 0 Å². The number of piperidine rings is 1. The monoisotopic (exact) mass is 536 g/mol. The van der Waals surface area contributed by atoms with E-state index >= 15 is 0 Å². The van der Waals surface area contributed by atoms with E-state index in [1.54, 1.807) is 11.4 Å². The van der Waals surface area contributed by atoms with Crippen LogP contribution in [0.2, 0.25) is 0 Å². The lowest BCUT2D eigenvalue weighted by atomic mass is 10.1. The molecule has 2 fully saturated rings. The van der Waals surface area contributed by atoms with Crippen molar-refractivity contribution in [2.24, 2.45) is 5.73 Å². The highest BCUT2D eigenvalue weighted by molar-refractivity contribution is 7.89. The van der Waals surface area contributed by atoms with Gasteiger partial charge in [0.1, 0.15) is 5.00 Å². The molecule has 0 bridgehead atoms. The molecule has 0 saturated carbocycles. The minimum atomic E-state index is -3.78. The van der Waals surface area contributed by atoms with Crippen molar-refractivity contribution in [3.8, 4) is 0 Å². The van der Waals surface area contributed by atoms with Crippen LogP contribution in [0.4, 0.5) is 10.7 Å². The van der Waals surface area contributed by atoms with E-state index < -0.39 is 34.4 Å². The molecule has 2 amide bonds. The lowest BCUT2D eigenvalue weighted by molar-refractivity contribution is -0.119. The summed E-state index contributed by atoms with van der Waals surface area (Å²) >= 11 is 1.11. The Morgan fingerprint density at radius 2 is 1.75 bits per heavy atom. The number of morpholine rings is 1. The molecule has 13 heteroatoms. The summed E-state index contributed by atoms with van der Waals surface area (Å²) in [5.74, 6) is -2.17. The maximum Gasteiger partial charge on any atom is 0.340 e. The number of hydrogen-bond donors (Lipinski definition) is 2. The van der Waals surface area contributed by atoms with Crippen LogP contribution in [-0.4, -0.2) is 76.5 Å². The number of esters is 1. The number of anilines is 2. The van der Waals surface area contributed by atoms with Crippen molar-refractivity contribution in [1.82, 2.24) is 4.31 Å². The molecule has 4 rings (SSSR count). The van der Waals surface area contributed by atoms with Gasteiger partial charge in [-0.1, -0.05) is 6.42 Å². The molecule has 2 aliphatic heterocycles. The highest BCUT2D eigenvalue weighted by Crippen LogP contribution is 2.29. The van der Waals surface area contributed by atoms with Crippen molar-refractivity contribution in [2.45, 2.75) is 24.2 Å². The highest BCUT2D eigenvalue weighted by Gasteiger charge is 2.29. The number of nitrogens with one attached hydrogen (secondary N) is 1. The quantitative estimate of drug-likeness (QED) is 0.484. The maximum atomic E-state index is 13.2. The molecule has 0 spiro atoms. The van der Waals surface area contributed by atoms with E-state index in [1.165, 1.54) is 22.5 Å².